The van der Waals surface area contributed by atoms with Crippen LogP contribution in [0.4, 0.5) is 0 Å². The lowest BCUT2D eigenvalue weighted by Crippen LogP contribution is -2.01. The number of H-pyrrole nitrogens is 1. The molecule has 0 fully saturated rings. The molecular weight excluding hydrogens is 240 g/mol. The number of hydrogen-bond donors (Lipinski definition) is 2. The van der Waals surface area contributed by atoms with E-state index in [4.69, 9.17) is 5.11 Å². The van der Waals surface area contributed by atoms with Crippen molar-refractivity contribution in [3.05, 3.63) is 35.4 Å². The van der Waals surface area contributed by atoms with E-state index in [0.29, 0.717) is 16.6 Å². The van der Waals surface area contributed by atoms with Crippen LogP contribution in [0.1, 0.15) is 22.0 Å². The van der Waals surface area contributed by atoms with Crippen LogP contribution < -0.4 is 0 Å². The highest BCUT2D eigenvalue weighted by atomic mass is 32.2. The first-order valence-electron chi connectivity index (χ1n) is 4.86. The Balaban J connectivity index is 2.04. The smallest absolute Gasteiger partial charge is 0.354 e. The monoisotopic (exact) mass is 250 g/mol. The molecule has 6 nitrogen and oxygen atoms in total. The number of carboxylic acids is 1. The van der Waals surface area contributed by atoms with E-state index < -0.39 is 5.97 Å². The van der Waals surface area contributed by atoms with Crippen LogP contribution in [0, 0.1) is 6.92 Å². The molecule has 0 atom stereocenters. The minimum atomic E-state index is -1.02. The molecular formula is C10H10N4O2S. The molecule has 2 heterocycles. The fraction of sp³-hybridized carbons (Fsp3) is 0.200. The third-order valence-corrected chi connectivity index (χ3v) is 2.83. The van der Waals surface area contributed by atoms with Crippen LogP contribution in [0.25, 0.3) is 0 Å². The third-order valence-electron chi connectivity index (χ3n) is 1.95. The number of aromatic nitrogens is 4. The molecule has 0 saturated carbocycles. The second-order valence-electron chi connectivity index (χ2n) is 3.31. The molecule has 88 valence electrons. The van der Waals surface area contributed by atoms with Crippen LogP contribution >= 0.6 is 11.8 Å². The average molecular weight is 250 g/mol. The van der Waals surface area contributed by atoms with Gasteiger partial charge in [-0.2, -0.15) is 0 Å². The highest BCUT2D eigenvalue weighted by Gasteiger charge is 2.06. The number of aryl methyl sites for hydroxylation is 1. The van der Waals surface area contributed by atoms with Crippen molar-refractivity contribution in [2.24, 2.45) is 0 Å². The largest absolute Gasteiger partial charge is 0.477 e. The van der Waals surface area contributed by atoms with Gasteiger partial charge in [0.25, 0.3) is 0 Å². The molecule has 0 spiro atoms. The summed E-state index contributed by atoms with van der Waals surface area (Å²) in [4.78, 5) is 18.9. The zero-order chi connectivity index (χ0) is 12.3. The van der Waals surface area contributed by atoms with E-state index >= 15 is 0 Å². The van der Waals surface area contributed by atoms with Crippen molar-refractivity contribution >= 4 is 17.7 Å². The number of hydrogen-bond acceptors (Lipinski definition) is 5. The Morgan fingerprint density at radius 3 is 2.94 bits per heavy atom. The molecule has 0 bridgehead atoms. The molecule has 0 radical (unpaired) electrons. The second kappa shape index (κ2) is 4.96. The summed E-state index contributed by atoms with van der Waals surface area (Å²) in [6, 6.07) is 4.92. The van der Waals surface area contributed by atoms with Crippen LogP contribution in [0.2, 0.25) is 0 Å². The van der Waals surface area contributed by atoms with E-state index in [2.05, 4.69) is 20.2 Å². The summed E-state index contributed by atoms with van der Waals surface area (Å²) in [5, 5.41) is 16.1. The zero-order valence-corrected chi connectivity index (χ0v) is 9.86. The van der Waals surface area contributed by atoms with Crippen LogP contribution in [0.15, 0.2) is 23.4 Å². The maximum Gasteiger partial charge on any atom is 0.354 e. The van der Waals surface area contributed by atoms with Gasteiger partial charge >= 0.3 is 5.97 Å². The number of nitrogens with zero attached hydrogens (tertiary/aromatic N) is 3. The predicted molar refractivity (Wildman–Crippen MR) is 61.9 cm³/mol. The Labute approximate surface area is 101 Å². The molecule has 0 unspecified atom stereocenters. The molecule has 2 rings (SSSR count). The number of aromatic carboxylic acids is 1. The van der Waals surface area contributed by atoms with Crippen LogP contribution in [0.3, 0.4) is 0 Å². The van der Waals surface area contributed by atoms with E-state index in [9.17, 15) is 4.79 Å². The van der Waals surface area contributed by atoms with Crippen LogP contribution in [-0.2, 0) is 5.75 Å². The Morgan fingerprint density at radius 2 is 2.29 bits per heavy atom. The fourth-order valence-electron chi connectivity index (χ4n) is 1.20. The quantitative estimate of drug-likeness (QED) is 0.799. The standard InChI is InChI=1S/C10H10N4O2S/c1-6-11-10(14-13-6)17-5-7-3-2-4-8(12-7)9(15)16/h2-4H,5H2,1H3,(H,15,16)(H,11,13,14). The van der Waals surface area contributed by atoms with Gasteiger partial charge in [0.2, 0.25) is 5.16 Å². The van der Waals surface area contributed by atoms with Gasteiger partial charge in [0.15, 0.2) is 0 Å². The predicted octanol–water partition coefficient (Wildman–Crippen LogP) is 1.50. The van der Waals surface area contributed by atoms with Crippen LogP contribution in [0.5, 0.6) is 0 Å². The summed E-state index contributed by atoms with van der Waals surface area (Å²) in [6.07, 6.45) is 0. The van der Waals surface area contributed by atoms with Crippen molar-refractivity contribution in [3.8, 4) is 0 Å². The molecule has 0 amide bonds. The van der Waals surface area contributed by atoms with Gasteiger partial charge in [0.05, 0.1) is 5.69 Å². The number of rotatable bonds is 4. The van der Waals surface area contributed by atoms with Gasteiger partial charge in [-0.25, -0.2) is 14.8 Å². The number of nitrogens with one attached hydrogen (secondary N) is 1. The normalized spacial score (nSPS) is 10.4. The van der Waals surface area contributed by atoms with Gasteiger partial charge in [0, 0.05) is 5.75 Å². The van der Waals surface area contributed by atoms with Crippen molar-refractivity contribution in [1.29, 1.82) is 0 Å². The molecule has 7 heteroatoms. The average Bonchev–Trinajstić information content (AvgIpc) is 2.73. The molecule has 2 aromatic rings. The SMILES string of the molecule is Cc1nc(SCc2cccc(C(=O)O)n2)n[nH]1. The van der Waals surface area contributed by atoms with E-state index in [-0.39, 0.29) is 5.69 Å². The topological polar surface area (TPSA) is 91.8 Å². The van der Waals surface area contributed by atoms with Crippen molar-refractivity contribution in [3.63, 3.8) is 0 Å². The van der Waals surface area contributed by atoms with Gasteiger partial charge in [0.1, 0.15) is 11.5 Å². The number of carbonyl (C=O) groups is 1. The fourth-order valence-corrected chi connectivity index (χ4v) is 1.95. The van der Waals surface area contributed by atoms with Gasteiger partial charge in [-0.3, -0.25) is 5.10 Å². The molecule has 17 heavy (non-hydrogen) atoms. The van der Waals surface area contributed by atoms with E-state index in [0.717, 1.165) is 5.82 Å². The summed E-state index contributed by atoms with van der Waals surface area (Å²) in [5.41, 5.74) is 0.742. The van der Waals surface area contributed by atoms with Crippen molar-refractivity contribution in [2.45, 2.75) is 17.8 Å². The number of pyridine rings is 1. The molecule has 0 aromatic carbocycles. The summed E-state index contributed by atoms with van der Waals surface area (Å²) >= 11 is 1.41. The first-order chi connectivity index (χ1) is 8.15. The minimum Gasteiger partial charge on any atom is -0.477 e. The first kappa shape index (κ1) is 11.6. The van der Waals surface area contributed by atoms with E-state index in [1.54, 1.807) is 12.1 Å². The Hall–Kier alpha value is -1.89. The highest BCUT2D eigenvalue weighted by molar-refractivity contribution is 7.98. The Morgan fingerprint density at radius 1 is 1.47 bits per heavy atom. The van der Waals surface area contributed by atoms with Gasteiger partial charge in [-0.05, 0) is 19.1 Å². The van der Waals surface area contributed by atoms with Gasteiger partial charge in [-0.15, -0.1) is 5.10 Å². The summed E-state index contributed by atoms with van der Waals surface area (Å²) in [7, 11) is 0. The van der Waals surface area contributed by atoms with Crippen molar-refractivity contribution < 1.29 is 9.90 Å². The van der Waals surface area contributed by atoms with Gasteiger partial charge < -0.3 is 5.11 Å². The molecule has 0 saturated heterocycles. The number of thioether (sulfide) groups is 1. The summed E-state index contributed by atoms with van der Waals surface area (Å²) in [5.74, 6) is 0.267. The zero-order valence-electron chi connectivity index (χ0n) is 9.04. The third kappa shape index (κ3) is 3.04. The lowest BCUT2D eigenvalue weighted by atomic mass is 10.3. The summed E-state index contributed by atoms with van der Waals surface area (Å²) in [6.45, 7) is 1.82. The second-order valence-corrected chi connectivity index (χ2v) is 4.25. The number of aromatic amines is 1. The lowest BCUT2D eigenvalue weighted by molar-refractivity contribution is 0.0690. The minimum absolute atomic E-state index is 0.0502. The molecule has 0 aliphatic heterocycles. The van der Waals surface area contributed by atoms with Gasteiger partial charge in [-0.1, -0.05) is 17.8 Å². The van der Waals surface area contributed by atoms with E-state index in [1.165, 1.54) is 17.8 Å². The van der Waals surface area contributed by atoms with E-state index in [1.807, 2.05) is 6.92 Å². The van der Waals surface area contributed by atoms with Crippen molar-refractivity contribution in [2.75, 3.05) is 0 Å². The maximum absolute atomic E-state index is 10.7. The maximum atomic E-state index is 10.7. The Kier molecular flexibility index (Phi) is 3.38. The highest BCUT2D eigenvalue weighted by Crippen LogP contribution is 2.17. The molecule has 2 aromatic heterocycles. The molecule has 0 aliphatic rings. The lowest BCUT2D eigenvalue weighted by Gasteiger charge is -1.99. The molecule has 2 N–H and O–H groups in total. The van der Waals surface area contributed by atoms with Crippen molar-refractivity contribution in [1.82, 2.24) is 20.2 Å². The summed E-state index contributed by atoms with van der Waals surface area (Å²) < 4.78 is 0. The molecule has 0 aliphatic carbocycles. The number of carboxylic acid groups (broad SMARTS) is 1. The van der Waals surface area contributed by atoms with Crippen LogP contribution in [-0.4, -0.2) is 31.2 Å². The first-order valence-corrected chi connectivity index (χ1v) is 5.85. The Bertz CT molecular complexity index is 541.